The van der Waals surface area contributed by atoms with Gasteiger partial charge in [0.25, 0.3) is 0 Å². The number of carbonyl (C=O) groups excluding carboxylic acids is 1. The Morgan fingerprint density at radius 3 is 2.55 bits per heavy atom. The SMILES string of the molecule is Cc1ccccc1Cn1c(N2CCC(C(=O)N[C@H](C)c3ccc4c(c3)OCCO4)CC2)nc2ccccc21. The molecule has 0 bridgehead atoms. The van der Waals surface area contributed by atoms with Crippen molar-refractivity contribution < 1.29 is 14.3 Å². The van der Waals surface area contributed by atoms with Crippen LogP contribution in [0.1, 0.15) is 42.5 Å². The number of amides is 1. The molecule has 1 fully saturated rings. The van der Waals surface area contributed by atoms with E-state index in [0.717, 1.165) is 66.5 Å². The molecule has 4 aromatic rings. The average Bonchev–Trinajstić information content (AvgIpc) is 3.32. The molecule has 7 nitrogen and oxygen atoms in total. The van der Waals surface area contributed by atoms with E-state index in [9.17, 15) is 4.79 Å². The maximum atomic E-state index is 13.2. The fourth-order valence-corrected chi connectivity index (χ4v) is 5.50. The first-order chi connectivity index (χ1) is 18.6. The molecule has 1 N–H and O–H groups in total. The number of hydrogen-bond donors (Lipinski definition) is 1. The second-order valence-corrected chi connectivity index (χ2v) is 10.3. The molecule has 3 aromatic carbocycles. The van der Waals surface area contributed by atoms with Crippen molar-refractivity contribution in [3.8, 4) is 11.5 Å². The van der Waals surface area contributed by atoms with Crippen LogP contribution in [0.4, 0.5) is 5.95 Å². The standard InChI is InChI=1S/C31H34N4O3/c1-21-7-3-4-8-25(21)20-35-27-10-6-5-9-26(27)33-31(35)34-15-13-23(14-16-34)30(36)32-22(2)24-11-12-28-29(19-24)38-18-17-37-28/h3-12,19,22-23H,13-18,20H2,1-2H3,(H,32,36)/t22-/m1/s1. The molecule has 38 heavy (non-hydrogen) atoms. The Balaban J connectivity index is 1.14. The predicted octanol–water partition coefficient (Wildman–Crippen LogP) is 5.26. The minimum atomic E-state index is -0.102. The Bertz CT molecular complexity index is 1450. The summed E-state index contributed by atoms with van der Waals surface area (Å²) >= 11 is 0. The van der Waals surface area contributed by atoms with E-state index >= 15 is 0 Å². The van der Waals surface area contributed by atoms with Crippen molar-refractivity contribution >= 4 is 22.9 Å². The Morgan fingerprint density at radius 1 is 1.00 bits per heavy atom. The number of fused-ring (bicyclic) bond motifs is 2. The minimum absolute atomic E-state index is 0.0138. The third kappa shape index (κ3) is 4.80. The fourth-order valence-electron chi connectivity index (χ4n) is 5.50. The summed E-state index contributed by atoms with van der Waals surface area (Å²) in [4.78, 5) is 20.6. The molecule has 2 aliphatic heterocycles. The molecule has 1 atom stereocenters. The number of nitrogens with one attached hydrogen (secondary N) is 1. The number of aryl methyl sites for hydroxylation is 1. The molecule has 0 unspecified atom stereocenters. The summed E-state index contributed by atoms with van der Waals surface area (Å²) in [7, 11) is 0. The maximum absolute atomic E-state index is 13.2. The number of para-hydroxylation sites is 2. The number of ether oxygens (including phenoxy) is 2. The number of piperidine rings is 1. The van der Waals surface area contributed by atoms with E-state index in [4.69, 9.17) is 14.5 Å². The number of rotatable bonds is 6. The van der Waals surface area contributed by atoms with E-state index in [1.165, 1.54) is 11.1 Å². The van der Waals surface area contributed by atoms with Gasteiger partial charge in [0.2, 0.25) is 11.9 Å². The monoisotopic (exact) mass is 510 g/mol. The summed E-state index contributed by atoms with van der Waals surface area (Å²) in [6, 6.07) is 22.6. The lowest BCUT2D eigenvalue weighted by atomic mass is 9.95. The largest absolute Gasteiger partial charge is 0.486 e. The molecule has 1 aromatic heterocycles. The number of hydrogen-bond acceptors (Lipinski definition) is 5. The highest BCUT2D eigenvalue weighted by Crippen LogP contribution is 2.33. The van der Waals surface area contributed by atoms with Gasteiger partial charge in [-0.15, -0.1) is 0 Å². The van der Waals surface area contributed by atoms with E-state index in [1.54, 1.807) is 0 Å². The van der Waals surface area contributed by atoms with E-state index in [0.29, 0.717) is 13.2 Å². The van der Waals surface area contributed by atoms with Crippen LogP contribution < -0.4 is 19.7 Å². The molecule has 3 heterocycles. The molecule has 1 amide bonds. The van der Waals surface area contributed by atoms with Crippen molar-refractivity contribution in [2.24, 2.45) is 5.92 Å². The first kappa shape index (κ1) is 24.3. The quantitative estimate of drug-likeness (QED) is 0.383. The van der Waals surface area contributed by atoms with Gasteiger partial charge in [-0.05, 0) is 67.6 Å². The average molecular weight is 511 g/mol. The maximum Gasteiger partial charge on any atom is 0.223 e. The Kier molecular flexibility index (Phi) is 6.66. The summed E-state index contributed by atoms with van der Waals surface area (Å²) in [6.07, 6.45) is 1.60. The van der Waals surface area contributed by atoms with Crippen LogP contribution in [0.15, 0.2) is 66.7 Å². The van der Waals surface area contributed by atoms with Crippen LogP contribution in [0, 0.1) is 12.8 Å². The summed E-state index contributed by atoms with van der Waals surface area (Å²) in [6.45, 7) is 7.67. The van der Waals surface area contributed by atoms with Gasteiger partial charge in [0, 0.05) is 19.0 Å². The molecular weight excluding hydrogens is 476 g/mol. The molecule has 1 saturated heterocycles. The highest BCUT2D eigenvalue weighted by atomic mass is 16.6. The van der Waals surface area contributed by atoms with Gasteiger partial charge >= 0.3 is 0 Å². The van der Waals surface area contributed by atoms with Crippen molar-refractivity contribution in [3.63, 3.8) is 0 Å². The Morgan fingerprint density at radius 2 is 1.74 bits per heavy atom. The number of imidazole rings is 1. The van der Waals surface area contributed by atoms with E-state index in [2.05, 4.69) is 64.2 Å². The molecule has 0 radical (unpaired) electrons. The topological polar surface area (TPSA) is 68.6 Å². The Labute approximate surface area is 223 Å². The zero-order valence-corrected chi connectivity index (χ0v) is 22.0. The molecule has 7 heteroatoms. The van der Waals surface area contributed by atoms with Crippen LogP contribution in [-0.2, 0) is 11.3 Å². The lowest BCUT2D eigenvalue weighted by Gasteiger charge is -2.33. The number of anilines is 1. The summed E-state index contributed by atoms with van der Waals surface area (Å²) < 4.78 is 13.7. The van der Waals surface area contributed by atoms with Gasteiger partial charge in [-0.25, -0.2) is 4.98 Å². The van der Waals surface area contributed by atoms with Crippen LogP contribution in [0.5, 0.6) is 11.5 Å². The van der Waals surface area contributed by atoms with Crippen LogP contribution in [0.25, 0.3) is 11.0 Å². The molecule has 0 aliphatic carbocycles. The molecule has 196 valence electrons. The third-order valence-electron chi connectivity index (χ3n) is 7.80. The second kappa shape index (κ2) is 10.4. The van der Waals surface area contributed by atoms with Gasteiger partial charge in [-0.3, -0.25) is 4.79 Å². The first-order valence-corrected chi connectivity index (χ1v) is 13.5. The highest BCUT2D eigenvalue weighted by molar-refractivity contribution is 5.80. The number of benzene rings is 3. The van der Waals surface area contributed by atoms with Crippen molar-refractivity contribution in [1.82, 2.24) is 14.9 Å². The molecule has 6 rings (SSSR count). The highest BCUT2D eigenvalue weighted by Gasteiger charge is 2.29. The van der Waals surface area contributed by atoms with Gasteiger partial charge in [0.1, 0.15) is 13.2 Å². The summed E-state index contributed by atoms with van der Waals surface area (Å²) in [5, 5.41) is 3.22. The van der Waals surface area contributed by atoms with E-state index in [-0.39, 0.29) is 17.9 Å². The molecule has 0 spiro atoms. The van der Waals surface area contributed by atoms with Crippen LogP contribution in [0.2, 0.25) is 0 Å². The van der Waals surface area contributed by atoms with Crippen LogP contribution >= 0.6 is 0 Å². The number of nitrogens with zero attached hydrogens (tertiary/aromatic N) is 3. The molecule has 0 saturated carbocycles. The van der Waals surface area contributed by atoms with Gasteiger partial charge in [-0.1, -0.05) is 42.5 Å². The first-order valence-electron chi connectivity index (χ1n) is 13.5. The molecular formula is C31H34N4O3. The van der Waals surface area contributed by atoms with E-state index in [1.807, 2.05) is 31.2 Å². The van der Waals surface area contributed by atoms with Gasteiger partial charge in [0.05, 0.1) is 23.6 Å². The van der Waals surface area contributed by atoms with Gasteiger partial charge < -0.3 is 24.3 Å². The van der Waals surface area contributed by atoms with Crippen molar-refractivity contribution in [2.75, 3.05) is 31.2 Å². The van der Waals surface area contributed by atoms with Crippen LogP contribution in [-0.4, -0.2) is 41.8 Å². The predicted molar refractivity (Wildman–Crippen MR) is 149 cm³/mol. The summed E-state index contributed by atoms with van der Waals surface area (Å²) in [5.74, 6) is 2.59. The van der Waals surface area contributed by atoms with Crippen LogP contribution in [0.3, 0.4) is 0 Å². The van der Waals surface area contributed by atoms with Crippen molar-refractivity contribution in [3.05, 3.63) is 83.4 Å². The number of carbonyl (C=O) groups is 1. The van der Waals surface area contributed by atoms with Crippen molar-refractivity contribution in [1.29, 1.82) is 0 Å². The zero-order valence-electron chi connectivity index (χ0n) is 22.0. The zero-order chi connectivity index (χ0) is 26.1. The fraction of sp³-hybridized carbons (Fsp3) is 0.355. The number of aromatic nitrogens is 2. The minimum Gasteiger partial charge on any atom is -0.486 e. The van der Waals surface area contributed by atoms with Crippen molar-refractivity contribution in [2.45, 2.75) is 39.3 Å². The Hall–Kier alpha value is -4.00. The molecule has 2 aliphatic rings. The smallest absolute Gasteiger partial charge is 0.223 e. The van der Waals surface area contributed by atoms with Gasteiger partial charge in [0.15, 0.2) is 11.5 Å². The lowest BCUT2D eigenvalue weighted by molar-refractivity contribution is -0.126. The van der Waals surface area contributed by atoms with E-state index < -0.39 is 0 Å². The third-order valence-corrected chi connectivity index (χ3v) is 7.80. The lowest BCUT2D eigenvalue weighted by Crippen LogP contribution is -2.42. The van der Waals surface area contributed by atoms with Gasteiger partial charge in [-0.2, -0.15) is 0 Å². The summed E-state index contributed by atoms with van der Waals surface area (Å²) in [5.41, 5.74) is 5.73. The second-order valence-electron chi connectivity index (χ2n) is 10.3. The normalized spacial score (nSPS) is 16.4.